The topological polar surface area (TPSA) is 29.1 Å². The third kappa shape index (κ3) is 3.59. The first-order valence-electron chi connectivity index (χ1n) is 6.05. The Labute approximate surface area is 121 Å². The van der Waals surface area contributed by atoms with Gasteiger partial charge in [-0.1, -0.05) is 23.8 Å². The van der Waals surface area contributed by atoms with Gasteiger partial charge < -0.3 is 5.32 Å². The smallest absolute Gasteiger partial charge is 0.251 e. The standard InChI is InChI=1S/C14H15BrClNO/c15-12-7-6-11(8-13(12)16)14(18)17-9-10-4-2-1-3-5-10/h1-2,6-8,10H,3-5,9H2,(H,17,18). The van der Waals surface area contributed by atoms with E-state index in [1.807, 2.05) is 0 Å². The molecule has 2 nitrogen and oxygen atoms in total. The van der Waals surface area contributed by atoms with Gasteiger partial charge in [0.2, 0.25) is 0 Å². The highest BCUT2D eigenvalue weighted by Gasteiger charge is 2.12. The highest BCUT2D eigenvalue weighted by atomic mass is 79.9. The molecule has 1 aliphatic carbocycles. The van der Waals surface area contributed by atoms with E-state index in [0.717, 1.165) is 30.3 Å². The van der Waals surface area contributed by atoms with Crippen LogP contribution in [-0.4, -0.2) is 12.5 Å². The molecule has 1 atom stereocenters. The summed E-state index contributed by atoms with van der Waals surface area (Å²) in [4.78, 5) is 11.9. The van der Waals surface area contributed by atoms with Crippen LogP contribution < -0.4 is 5.32 Å². The SMILES string of the molecule is O=C(NCC1CC=CCC1)c1ccc(Br)c(Cl)c1. The molecule has 1 aromatic carbocycles. The third-order valence-corrected chi connectivity index (χ3v) is 4.34. The van der Waals surface area contributed by atoms with Gasteiger partial charge in [0.15, 0.2) is 0 Å². The van der Waals surface area contributed by atoms with E-state index >= 15 is 0 Å². The Morgan fingerprint density at radius 3 is 2.94 bits per heavy atom. The summed E-state index contributed by atoms with van der Waals surface area (Å²) in [6, 6.07) is 5.24. The van der Waals surface area contributed by atoms with Crippen LogP contribution in [0.2, 0.25) is 5.02 Å². The summed E-state index contributed by atoms with van der Waals surface area (Å²) in [5.41, 5.74) is 0.606. The zero-order valence-corrected chi connectivity index (χ0v) is 12.3. The fraction of sp³-hybridized carbons (Fsp3) is 0.357. The average molecular weight is 329 g/mol. The summed E-state index contributed by atoms with van der Waals surface area (Å²) in [5, 5.41) is 3.53. The zero-order valence-electron chi connectivity index (χ0n) is 9.96. The van der Waals surface area contributed by atoms with Crippen LogP contribution in [0.5, 0.6) is 0 Å². The zero-order chi connectivity index (χ0) is 13.0. The first kappa shape index (κ1) is 13.6. The maximum absolute atomic E-state index is 11.9. The minimum absolute atomic E-state index is 0.0565. The van der Waals surface area contributed by atoms with E-state index in [1.165, 1.54) is 0 Å². The molecule has 4 heteroatoms. The number of amides is 1. The average Bonchev–Trinajstić information content (AvgIpc) is 2.40. The number of allylic oxidation sites excluding steroid dienone is 2. The van der Waals surface area contributed by atoms with E-state index in [-0.39, 0.29) is 5.91 Å². The van der Waals surface area contributed by atoms with E-state index in [2.05, 4.69) is 33.4 Å². The maximum Gasteiger partial charge on any atom is 0.251 e. The largest absolute Gasteiger partial charge is 0.352 e. The minimum Gasteiger partial charge on any atom is -0.352 e. The van der Waals surface area contributed by atoms with Gasteiger partial charge >= 0.3 is 0 Å². The highest BCUT2D eigenvalue weighted by molar-refractivity contribution is 9.10. The van der Waals surface area contributed by atoms with Crippen LogP contribution in [0.15, 0.2) is 34.8 Å². The number of carbonyl (C=O) groups excluding carboxylic acids is 1. The summed E-state index contributed by atoms with van der Waals surface area (Å²) in [6.07, 6.45) is 7.72. The molecule has 1 aromatic rings. The van der Waals surface area contributed by atoms with E-state index in [0.29, 0.717) is 16.5 Å². The predicted octanol–water partition coefficient (Wildman–Crippen LogP) is 4.19. The monoisotopic (exact) mass is 327 g/mol. The molecule has 0 bridgehead atoms. The van der Waals surface area contributed by atoms with Crippen LogP contribution in [0.25, 0.3) is 0 Å². The van der Waals surface area contributed by atoms with Crippen molar-refractivity contribution in [1.82, 2.24) is 5.32 Å². The molecule has 0 aliphatic heterocycles. The molecule has 0 aromatic heterocycles. The molecule has 0 radical (unpaired) electrons. The lowest BCUT2D eigenvalue weighted by molar-refractivity contribution is 0.0946. The Kier molecular flexibility index (Phi) is 4.84. The highest BCUT2D eigenvalue weighted by Crippen LogP contribution is 2.23. The van der Waals surface area contributed by atoms with Gasteiger partial charge in [0.1, 0.15) is 0 Å². The van der Waals surface area contributed by atoms with Crippen LogP contribution >= 0.6 is 27.5 Å². The Hall–Kier alpha value is -0.800. The van der Waals surface area contributed by atoms with Gasteiger partial charge in [0.05, 0.1) is 5.02 Å². The van der Waals surface area contributed by atoms with E-state index < -0.39 is 0 Å². The number of rotatable bonds is 3. The molecule has 1 N–H and O–H groups in total. The Morgan fingerprint density at radius 2 is 2.28 bits per heavy atom. The maximum atomic E-state index is 11.9. The second-order valence-electron chi connectivity index (χ2n) is 4.49. The Bertz CT molecular complexity index is 473. The first-order valence-corrected chi connectivity index (χ1v) is 7.22. The molecule has 1 amide bonds. The van der Waals surface area contributed by atoms with Crippen LogP contribution in [0.4, 0.5) is 0 Å². The summed E-state index contributed by atoms with van der Waals surface area (Å²) >= 11 is 9.28. The molecule has 18 heavy (non-hydrogen) atoms. The number of hydrogen-bond donors (Lipinski definition) is 1. The van der Waals surface area contributed by atoms with Crippen molar-refractivity contribution in [3.8, 4) is 0 Å². The van der Waals surface area contributed by atoms with Crippen LogP contribution in [-0.2, 0) is 0 Å². The van der Waals surface area contributed by atoms with Crippen molar-refractivity contribution in [2.24, 2.45) is 5.92 Å². The van der Waals surface area contributed by atoms with Crippen molar-refractivity contribution in [3.05, 3.63) is 45.4 Å². The van der Waals surface area contributed by atoms with Crippen molar-refractivity contribution in [3.63, 3.8) is 0 Å². The molecule has 0 spiro atoms. The molecule has 96 valence electrons. The van der Waals surface area contributed by atoms with Gasteiger partial charge in [-0.3, -0.25) is 4.79 Å². The second-order valence-corrected chi connectivity index (χ2v) is 5.75. The molecule has 0 fully saturated rings. The van der Waals surface area contributed by atoms with Gasteiger partial charge in [0.25, 0.3) is 5.91 Å². The fourth-order valence-corrected chi connectivity index (χ4v) is 2.45. The number of benzene rings is 1. The molecule has 0 heterocycles. The number of halogens is 2. The van der Waals surface area contributed by atoms with Crippen LogP contribution in [0.3, 0.4) is 0 Å². The normalized spacial score (nSPS) is 18.7. The van der Waals surface area contributed by atoms with Gasteiger partial charge in [-0.25, -0.2) is 0 Å². The Morgan fingerprint density at radius 1 is 1.44 bits per heavy atom. The predicted molar refractivity (Wildman–Crippen MR) is 78.0 cm³/mol. The van der Waals surface area contributed by atoms with E-state index in [1.54, 1.807) is 18.2 Å². The Balaban J connectivity index is 1.91. The van der Waals surface area contributed by atoms with E-state index in [9.17, 15) is 4.79 Å². The molecular formula is C14H15BrClNO. The van der Waals surface area contributed by atoms with Crippen LogP contribution in [0, 0.1) is 5.92 Å². The van der Waals surface area contributed by atoms with Crippen LogP contribution in [0.1, 0.15) is 29.6 Å². The summed E-state index contributed by atoms with van der Waals surface area (Å²) in [7, 11) is 0. The van der Waals surface area contributed by atoms with Gasteiger partial charge in [-0.15, -0.1) is 0 Å². The number of hydrogen-bond acceptors (Lipinski definition) is 1. The van der Waals surface area contributed by atoms with E-state index in [4.69, 9.17) is 11.6 Å². The molecule has 1 unspecified atom stereocenters. The lowest BCUT2D eigenvalue weighted by Crippen LogP contribution is -2.29. The second kappa shape index (κ2) is 6.39. The fourth-order valence-electron chi connectivity index (χ4n) is 2.02. The first-order chi connectivity index (χ1) is 8.66. The molecule has 0 saturated heterocycles. The van der Waals surface area contributed by atoms with Crippen molar-refractivity contribution in [1.29, 1.82) is 0 Å². The summed E-state index contributed by atoms with van der Waals surface area (Å²) in [5.74, 6) is 0.504. The van der Waals surface area contributed by atoms with Crippen molar-refractivity contribution in [2.45, 2.75) is 19.3 Å². The number of carbonyl (C=O) groups is 1. The van der Waals surface area contributed by atoms with Crippen molar-refractivity contribution < 1.29 is 4.79 Å². The van der Waals surface area contributed by atoms with Crippen molar-refractivity contribution >= 4 is 33.4 Å². The summed E-state index contributed by atoms with van der Waals surface area (Å²) < 4.78 is 0.804. The minimum atomic E-state index is -0.0565. The van der Waals surface area contributed by atoms with Gasteiger partial charge in [-0.05, 0) is 59.3 Å². The molecular weight excluding hydrogens is 314 g/mol. The van der Waals surface area contributed by atoms with Crippen molar-refractivity contribution in [2.75, 3.05) is 6.54 Å². The summed E-state index contributed by atoms with van der Waals surface area (Å²) in [6.45, 7) is 0.733. The molecule has 2 rings (SSSR count). The molecule has 0 saturated carbocycles. The number of nitrogens with one attached hydrogen (secondary N) is 1. The van der Waals surface area contributed by atoms with Gasteiger partial charge in [-0.2, -0.15) is 0 Å². The van der Waals surface area contributed by atoms with Gasteiger partial charge in [0, 0.05) is 16.6 Å². The third-order valence-electron chi connectivity index (χ3n) is 3.11. The lowest BCUT2D eigenvalue weighted by atomic mass is 9.94. The lowest BCUT2D eigenvalue weighted by Gasteiger charge is -2.18. The quantitative estimate of drug-likeness (QED) is 0.828. The molecule has 1 aliphatic rings.